The molecule has 172 valence electrons. The maximum atomic E-state index is 13.8. The Hall–Kier alpha value is -2.64. The van der Waals surface area contributed by atoms with Crippen LogP contribution < -0.4 is 9.64 Å². The number of hydrogen-bond acceptors (Lipinski definition) is 5. The molecule has 0 spiro atoms. The molecule has 1 aromatic heterocycles. The van der Waals surface area contributed by atoms with E-state index in [-0.39, 0.29) is 18.3 Å². The minimum atomic E-state index is -0.148. The molecule has 1 amide bonds. The number of benzene rings is 3. The van der Waals surface area contributed by atoms with Crippen LogP contribution in [0.25, 0.3) is 10.2 Å². The van der Waals surface area contributed by atoms with Gasteiger partial charge in [0.25, 0.3) is 5.91 Å². The lowest BCUT2D eigenvalue weighted by Gasteiger charge is -2.22. The Morgan fingerprint density at radius 1 is 0.970 bits per heavy atom. The SMILES string of the molecule is CN(C)CCCN(C(=O)c1ccccc1Oc1ccccc1)c1nc2c(Cl)cccc2s1.Cl. The minimum absolute atomic E-state index is 0. The standard InChI is InChI=1S/C25H24ClN3O2S.ClH/c1-28(2)16-9-17-29(25-27-23-20(26)13-8-15-22(23)32-25)24(30)19-12-6-7-14-21(19)31-18-10-4-3-5-11-18;/h3-8,10-15H,9,16-17H2,1-2H3;1H. The fourth-order valence-corrected chi connectivity index (χ4v) is 4.63. The van der Waals surface area contributed by atoms with E-state index in [1.807, 2.05) is 80.8 Å². The molecule has 0 bridgehead atoms. The van der Waals surface area contributed by atoms with E-state index >= 15 is 0 Å². The molecule has 0 atom stereocenters. The number of hydrogen-bond donors (Lipinski definition) is 0. The highest BCUT2D eigenvalue weighted by Crippen LogP contribution is 2.35. The predicted molar refractivity (Wildman–Crippen MR) is 140 cm³/mol. The molecular weight excluding hydrogens is 477 g/mol. The summed E-state index contributed by atoms with van der Waals surface area (Å²) in [6.45, 7) is 1.39. The van der Waals surface area contributed by atoms with Crippen molar-refractivity contribution in [3.05, 3.63) is 83.4 Å². The number of nitrogens with zero attached hydrogens (tertiary/aromatic N) is 3. The average Bonchev–Trinajstić information content (AvgIpc) is 3.23. The molecule has 0 aliphatic carbocycles. The van der Waals surface area contributed by atoms with E-state index < -0.39 is 0 Å². The smallest absolute Gasteiger partial charge is 0.263 e. The number of halogens is 2. The molecule has 3 aromatic carbocycles. The molecule has 5 nitrogen and oxygen atoms in total. The van der Waals surface area contributed by atoms with Crippen LogP contribution in [0.2, 0.25) is 5.02 Å². The van der Waals surface area contributed by atoms with Crippen molar-refractivity contribution in [3.8, 4) is 11.5 Å². The van der Waals surface area contributed by atoms with Gasteiger partial charge in [-0.15, -0.1) is 12.4 Å². The molecule has 0 N–H and O–H groups in total. The number of thiazole rings is 1. The zero-order valence-electron chi connectivity index (χ0n) is 18.4. The Morgan fingerprint density at radius 2 is 1.70 bits per heavy atom. The molecule has 33 heavy (non-hydrogen) atoms. The second kappa shape index (κ2) is 11.5. The average molecular weight is 502 g/mol. The molecule has 0 aliphatic rings. The summed E-state index contributed by atoms with van der Waals surface area (Å²) in [5.74, 6) is 1.05. The summed E-state index contributed by atoms with van der Waals surface area (Å²) >= 11 is 7.81. The van der Waals surface area contributed by atoms with Gasteiger partial charge in [0.05, 0.1) is 15.3 Å². The number of carbonyl (C=O) groups is 1. The Morgan fingerprint density at radius 3 is 2.42 bits per heavy atom. The Labute approximate surface area is 209 Å². The van der Waals surface area contributed by atoms with Crippen molar-refractivity contribution in [2.45, 2.75) is 6.42 Å². The van der Waals surface area contributed by atoms with E-state index in [1.54, 1.807) is 11.0 Å². The van der Waals surface area contributed by atoms with Gasteiger partial charge < -0.3 is 9.64 Å². The summed E-state index contributed by atoms with van der Waals surface area (Å²) in [7, 11) is 4.04. The van der Waals surface area contributed by atoms with Crippen molar-refractivity contribution in [2.24, 2.45) is 0 Å². The molecule has 0 saturated carbocycles. The van der Waals surface area contributed by atoms with Crippen molar-refractivity contribution in [2.75, 3.05) is 32.1 Å². The fourth-order valence-electron chi connectivity index (χ4n) is 3.34. The molecule has 0 radical (unpaired) electrons. The van der Waals surface area contributed by atoms with Gasteiger partial charge in [-0.3, -0.25) is 9.69 Å². The molecule has 0 saturated heterocycles. The number of para-hydroxylation sites is 3. The third kappa shape index (κ3) is 6.03. The third-order valence-electron chi connectivity index (χ3n) is 4.91. The Balaban J connectivity index is 0.00000306. The number of carbonyl (C=O) groups excluding carboxylic acids is 1. The van der Waals surface area contributed by atoms with Crippen LogP contribution in [-0.2, 0) is 0 Å². The first-order valence-electron chi connectivity index (χ1n) is 10.4. The van der Waals surface area contributed by atoms with Gasteiger partial charge in [-0.2, -0.15) is 0 Å². The van der Waals surface area contributed by atoms with Crippen LogP contribution in [0.1, 0.15) is 16.8 Å². The Kier molecular flexibility index (Phi) is 8.69. The lowest BCUT2D eigenvalue weighted by atomic mass is 10.1. The maximum Gasteiger partial charge on any atom is 0.263 e. The molecule has 0 unspecified atom stereocenters. The van der Waals surface area contributed by atoms with E-state index in [0.717, 1.165) is 17.7 Å². The van der Waals surface area contributed by atoms with Crippen LogP contribution in [0.15, 0.2) is 72.8 Å². The number of anilines is 1. The second-order valence-corrected chi connectivity index (χ2v) is 9.02. The lowest BCUT2D eigenvalue weighted by molar-refractivity contribution is 0.0984. The molecule has 4 rings (SSSR count). The van der Waals surface area contributed by atoms with Crippen molar-refractivity contribution in [1.29, 1.82) is 0 Å². The van der Waals surface area contributed by atoms with Crippen LogP contribution in [0, 0.1) is 0 Å². The van der Waals surface area contributed by atoms with E-state index in [4.69, 9.17) is 21.3 Å². The first-order valence-corrected chi connectivity index (χ1v) is 11.6. The zero-order chi connectivity index (χ0) is 22.5. The predicted octanol–water partition coefficient (Wildman–Crippen LogP) is 6.76. The van der Waals surface area contributed by atoms with Gasteiger partial charge in [-0.25, -0.2) is 4.98 Å². The van der Waals surface area contributed by atoms with Crippen molar-refractivity contribution in [1.82, 2.24) is 9.88 Å². The van der Waals surface area contributed by atoms with E-state index in [1.165, 1.54) is 11.3 Å². The fraction of sp³-hybridized carbons (Fsp3) is 0.200. The molecule has 4 aromatic rings. The van der Waals surface area contributed by atoms with Crippen molar-refractivity contribution >= 4 is 56.6 Å². The number of amides is 1. The van der Waals surface area contributed by atoms with Gasteiger partial charge in [-0.1, -0.05) is 59.3 Å². The van der Waals surface area contributed by atoms with Crippen molar-refractivity contribution < 1.29 is 9.53 Å². The van der Waals surface area contributed by atoms with Gasteiger partial charge >= 0.3 is 0 Å². The van der Waals surface area contributed by atoms with Crippen LogP contribution in [0.5, 0.6) is 11.5 Å². The molecule has 8 heteroatoms. The van der Waals surface area contributed by atoms with Crippen LogP contribution in [0.3, 0.4) is 0 Å². The lowest BCUT2D eigenvalue weighted by Crippen LogP contribution is -2.33. The maximum absolute atomic E-state index is 13.8. The second-order valence-electron chi connectivity index (χ2n) is 7.61. The van der Waals surface area contributed by atoms with Gasteiger partial charge in [0.15, 0.2) is 5.13 Å². The van der Waals surface area contributed by atoms with Crippen LogP contribution in [-0.4, -0.2) is 43.0 Å². The summed E-state index contributed by atoms with van der Waals surface area (Å²) in [6, 6.07) is 22.5. The highest BCUT2D eigenvalue weighted by molar-refractivity contribution is 7.22. The third-order valence-corrected chi connectivity index (χ3v) is 6.26. The van der Waals surface area contributed by atoms with Crippen molar-refractivity contribution in [3.63, 3.8) is 0 Å². The minimum Gasteiger partial charge on any atom is -0.457 e. The van der Waals surface area contributed by atoms with E-state index in [2.05, 4.69) is 4.90 Å². The summed E-state index contributed by atoms with van der Waals surface area (Å²) in [6.07, 6.45) is 0.810. The molecule has 0 aliphatic heterocycles. The van der Waals surface area contributed by atoms with E-state index in [0.29, 0.717) is 39.3 Å². The monoisotopic (exact) mass is 501 g/mol. The van der Waals surface area contributed by atoms with Crippen LogP contribution in [0.4, 0.5) is 5.13 Å². The van der Waals surface area contributed by atoms with Gasteiger partial charge in [0, 0.05) is 6.54 Å². The number of rotatable bonds is 8. The molecule has 1 heterocycles. The highest BCUT2D eigenvalue weighted by Gasteiger charge is 2.24. The van der Waals surface area contributed by atoms with Gasteiger partial charge in [0.2, 0.25) is 0 Å². The number of ether oxygens (including phenoxy) is 1. The van der Waals surface area contributed by atoms with E-state index in [9.17, 15) is 4.79 Å². The van der Waals surface area contributed by atoms with Gasteiger partial charge in [0.1, 0.15) is 17.0 Å². The van der Waals surface area contributed by atoms with Crippen LogP contribution >= 0.6 is 35.3 Å². The largest absolute Gasteiger partial charge is 0.457 e. The normalized spacial score (nSPS) is 10.8. The van der Waals surface area contributed by atoms with Gasteiger partial charge in [-0.05, 0) is 63.5 Å². The summed E-state index contributed by atoms with van der Waals surface area (Å²) < 4.78 is 6.99. The topological polar surface area (TPSA) is 45.7 Å². The first kappa shape index (κ1) is 25.0. The zero-order valence-corrected chi connectivity index (χ0v) is 20.8. The highest BCUT2D eigenvalue weighted by atomic mass is 35.5. The summed E-state index contributed by atoms with van der Waals surface area (Å²) in [4.78, 5) is 22.3. The number of aromatic nitrogens is 1. The summed E-state index contributed by atoms with van der Waals surface area (Å²) in [5, 5.41) is 1.21. The number of fused-ring (bicyclic) bond motifs is 1. The first-order chi connectivity index (χ1) is 15.5. The quantitative estimate of drug-likeness (QED) is 0.267. The summed E-state index contributed by atoms with van der Waals surface area (Å²) in [5.41, 5.74) is 1.21. The molecular formula is C25H25Cl2N3O2S. The molecule has 0 fully saturated rings. The Bertz CT molecular complexity index is 1210.